The van der Waals surface area contributed by atoms with Crippen LogP contribution >= 0.6 is 0 Å². The number of amides is 1. The van der Waals surface area contributed by atoms with Gasteiger partial charge in [0.25, 0.3) is 5.91 Å². The molecular weight excluding hydrogens is 384 g/mol. The summed E-state index contributed by atoms with van der Waals surface area (Å²) < 4.78 is 10.5. The zero-order valence-corrected chi connectivity index (χ0v) is 16.7. The van der Waals surface area contributed by atoms with Gasteiger partial charge in [0.1, 0.15) is 5.58 Å². The minimum Gasteiger partial charge on any atom is -0.450 e. The zero-order chi connectivity index (χ0) is 21.7. The highest BCUT2D eigenvalue weighted by Crippen LogP contribution is 2.20. The van der Waals surface area contributed by atoms with E-state index in [-0.39, 0.29) is 29.7 Å². The number of fused-ring (bicyclic) bond motifs is 1. The fourth-order valence-corrected chi connectivity index (χ4v) is 3.15. The summed E-state index contributed by atoms with van der Waals surface area (Å²) in [6.45, 7) is 3.44. The fraction of sp³-hybridized carbons (Fsp3) is 0.217. The van der Waals surface area contributed by atoms with Gasteiger partial charge in [0.05, 0.1) is 17.9 Å². The van der Waals surface area contributed by atoms with Crippen molar-refractivity contribution in [2.24, 2.45) is 0 Å². The van der Waals surface area contributed by atoms with Gasteiger partial charge < -0.3 is 14.1 Å². The van der Waals surface area contributed by atoms with Crippen LogP contribution < -0.4 is 10.3 Å². The number of anilines is 1. The molecule has 7 nitrogen and oxygen atoms in total. The van der Waals surface area contributed by atoms with E-state index in [2.05, 4.69) is 0 Å². The second kappa shape index (κ2) is 9.05. The first-order valence-electron chi connectivity index (χ1n) is 9.34. The summed E-state index contributed by atoms with van der Waals surface area (Å²) in [5, 5.41) is 9.27. The van der Waals surface area contributed by atoms with Gasteiger partial charge in [0.15, 0.2) is 12.0 Å². The topological polar surface area (TPSA) is 101 Å². The van der Waals surface area contributed by atoms with Gasteiger partial charge in [-0.15, -0.1) is 0 Å². The van der Waals surface area contributed by atoms with E-state index < -0.39 is 18.5 Å². The summed E-state index contributed by atoms with van der Waals surface area (Å²) in [4.78, 5) is 38.6. The van der Waals surface area contributed by atoms with Gasteiger partial charge in [-0.25, -0.2) is 4.79 Å². The summed E-state index contributed by atoms with van der Waals surface area (Å²) in [6.07, 6.45) is 0.131. The fourth-order valence-electron chi connectivity index (χ4n) is 3.15. The molecule has 0 bridgehead atoms. The predicted octanol–water partition coefficient (Wildman–Crippen LogP) is 3.51. The molecule has 0 saturated carbocycles. The highest BCUT2D eigenvalue weighted by atomic mass is 16.5. The van der Waals surface area contributed by atoms with Crippen molar-refractivity contribution in [3.8, 4) is 6.07 Å². The Hall–Kier alpha value is -3.92. The van der Waals surface area contributed by atoms with E-state index in [1.807, 2.05) is 38.1 Å². The molecule has 3 rings (SSSR count). The standard InChI is InChI=1S/C23H20N2O5/c1-15-10-16(2)12-17(11-15)25(9-5-8-24)22(27)14-29-23(28)21-13-19(26)18-6-3-4-7-20(18)30-21/h3-4,6-7,10-13H,5,9,14H2,1-2H3. The van der Waals surface area contributed by atoms with Crippen molar-refractivity contribution in [3.63, 3.8) is 0 Å². The van der Waals surface area contributed by atoms with E-state index in [1.165, 1.54) is 4.90 Å². The van der Waals surface area contributed by atoms with Crippen LogP contribution in [0.2, 0.25) is 0 Å². The zero-order valence-electron chi connectivity index (χ0n) is 16.7. The molecule has 0 fully saturated rings. The number of nitrogens with zero attached hydrogens (tertiary/aromatic N) is 2. The molecule has 0 radical (unpaired) electrons. The average Bonchev–Trinajstić information content (AvgIpc) is 2.71. The third-order valence-corrected chi connectivity index (χ3v) is 4.43. The van der Waals surface area contributed by atoms with Gasteiger partial charge >= 0.3 is 5.97 Å². The van der Waals surface area contributed by atoms with Crippen molar-refractivity contribution in [1.29, 1.82) is 5.26 Å². The lowest BCUT2D eigenvalue weighted by Crippen LogP contribution is -2.35. The maximum Gasteiger partial charge on any atom is 0.374 e. The Labute approximate surface area is 173 Å². The molecule has 3 aromatic rings. The van der Waals surface area contributed by atoms with Crippen LogP contribution in [0.4, 0.5) is 5.69 Å². The number of nitriles is 1. The monoisotopic (exact) mass is 404 g/mol. The first-order valence-corrected chi connectivity index (χ1v) is 9.34. The van der Waals surface area contributed by atoms with E-state index in [0.29, 0.717) is 11.1 Å². The van der Waals surface area contributed by atoms with E-state index in [9.17, 15) is 14.4 Å². The minimum atomic E-state index is -0.910. The van der Waals surface area contributed by atoms with Crippen LogP contribution in [-0.4, -0.2) is 25.0 Å². The second-order valence-electron chi connectivity index (χ2n) is 6.85. The molecule has 1 heterocycles. The Morgan fingerprint density at radius 2 is 1.80 bits per heavy atom. The molecule has 2 aromatic carbocycles. The van der Waals surface area contributed by atoms with Crippen molar-refractivity contribution >= 4 is 28.5 Å². The summed E-state index contributed by atoms with van der Waals surface area (Å²) in [5.74, 6) is -1.67. The predicted molar refractivity (Wildman–Crippen MR) is 111 cm³/mol. The second-order valence-corrected chi connectivity index (χ2v) is 6.85. The maximum absolute atomic E-state index is 12.7. The van der Waals surface area contributed by atoms with Crippen LogP contribution in [0.15, 0.2) is 57.7 Å². The van der Waals surface area contributed by atoms with Crippen LogP contribution in [0.1, 0.15) is 28.1 Å². The van der Waals surface area contributed by atoms with E-state index in [0.717, 1.165) is 17.2 Å². The third kappa shape index (κ3) is 4.73. The number of carbonyl (C=O) groups is 2. The van der Waals surface area contributed by atoms with Gasteiger partial charge in [0.2, 0.25) is 5.76 Å². The van der Waals surface area contributed by atoms with Crippen LogP contribution in [0.3, 0.4) is 0 Å². The van der Waals surface area contributed by atoms with Gasteiger partial charge in [-0.1, -0.05) is 18.2 Å². The number of rotatable bonds is 6. The number of hydrogen-bond donors (Lipinski definition) is 0. The van der Waals surface area contributed by atoms with Crippen LogP contribution in [-0.2, 0) is 9.53 Å². The lowest BCUT2D eigenvalue weighted by molar-refractivity contribution is -0.121. The maximum atomic E-state index is 12.7. The van der Waals surface area contributed by atoms with Crippen LogP contribution in [0.25, 0.3) is 11.0 Å². The minimum absolute atomic E-state index is 0.131. The van der Waals surface area contributed by atoms with Gasteiger partial charge in [-0.2, -0.15) is 5.26 Å². The number of carbonyl (C=O) groups excluding carboxylic acids is 2. The number of esters is 1. The van der Waals surface area contributed by atoms with Crippen LogP contribution in [0, 0.1) is 25.2 Å². The van der Waals surface area contributed by atoms with Crippen molar-refractivity contribution in [1.82, 2.24) is 0 Å². The molecular formula is C23H20N2O5. The molecule has 0 unspecified atom stereocenters. The summed E-state index contributed by atoms with van der Waals surface area (Å²) in [6, 6.07) is 15.2. The Morgan fingerprint density at radius 1 is 1.10 bits per heavy atom. The molecule has 152 valence electrons. The molecule has 0 spiro atoms. The molecule has 0 atom stereocenters. The Balaban J connectivity index is 1.77. The molecule has 0 aliphatic heterocycles. The summed E-state index contributed by atoms with van der Waals surface area (Å²) in [5.41, 5.74) is 2.44. The first kappa shape index (κ1) is 20.8. The number of aryl methyl sites for hydroxylation is 2. The van der Waals surface area contributed by atoms with E-state index in [4.69, 9.17) is 14.4 Å². The molecule has 0 N–H and O–H groups in total. The van der Waals surface area contributed by atoms with Crippen molar-refractivity contribution in [2.75, 3.05) is 18.1 Å². The third-order valence-electron chi connectivity index (χ3n) is 4.43. The Morgan fingerprint density at radius 3 is 2.50 bits per heavy atom. The van der Waals surface area contributed by atoms with Crippen molar-refractivity contribution in [3.05, 3.63) is 75.6 Å². The van der Waals surface area contributed by atoms with E-state index >= 15 is 0 Å². The van der Waals surface area contributed by atoms with Crippen molar-refractivity contribution in [2.45, 2.75) is 20.3 Å². The SMILES string of the molecule is Cc1cc(C)cc(N(CCC#N)C(=O)COC(=O)c2cc(=O)c3ccccc3o2)c1. The highest BCUT2D eigenvalue weighted by Gasteiger charge is 2.20. The summed E-state index contributed by atoms with van der Waals surface area (Å²) in [7, 11) is 0. The first-order chi connectivity index (χ1) is 14.4. The average molecular weight is 404 g/mol. The van der Waals surface area contributed by atoms with Gasteiger partial charge in [-0.3, -0.25) is 9.59 Å². The number of ether oxygens (including phenoxy) is 1. The largest absolute Gasteiger partial charge is 0.450 e. The Kier molecular flexibility index (Phi) is 6.28. The molecule has 1 aromatic heterocycles. The quantitative estimate of drug-likeness (QED) is 0.583. The molecule has 30 heavy (non-hydrogen) atoms. The van der Waals surface area contributed by atoms with Crippen LogP contribution in [0.5, 0.6) is 0 Å². The molecule has 0 aliphatic rings. The lowest BCUT2D eigenvalue weighted by Gasteiger charge is -2.22. The smallest absolute Gasteiger partial charge is 0.374 e. The van der Waals surface area contributed by atoms with E-state index in [1.54, 1.807) is 24.3 Å². The number of hydrogen-bond acceptors (Lipinski definition) is 6. The molecule has 7 heteroatoms. The van der Waals surface area contributed by atoms with Crippen molar-refractivity contribution < 1.29 is 18.7 Å². The summed E-state index contributed by atoms with van der Waals surface area (Å²) >= 11 is 0. The molecule has 0 saturated heterocycles. The normalized spacial score (nSPS) is 10.4. The number of para-hydroxylation sites is 1. The Bertz CT molecular complexity index is 1190. The van der Waals surface area contributed by atoms with Gasteiger partial charge in [-0.05, 0) is 49.2 Å². The number of benzene rings is 2. The lowest BCUT2D eigenvalue weighted by atomic mass is 10.1. The molecule has 1 amide bonds. The molecule has 0 aliphatic carbocycles. The highest BCUT2D eigenvalue weighted by molar-refractivity contribution is 5.97. The van der Waals surface area contributed by atoms with Gasteiger partial charge in [0, 0.05) is 18.3 Å².